The first-order valence-corrected chi connectivity index (χ1v) is 11.7. The van der Waals surface area contributed by atoms with Crippen molar-refractivity contribution in [1.29, 1.82) is 0 Å². The van der Waals surface area contributed by atoms with E-state index in [0.717, 1.165) is 25.9 Å². The van der Waals surface area contributed by atoms with Crippen LogP contribution in [0.25, 0.3) is 15.3 Å². The Morgan fingerprint density at radius 2 is 1.87 bits per heavy atom. The van der Waals surface area contributed by atoms with Crippen molar-refractivity contribution < 1.29 is 4.79 Å². The zero-order valence-electron chi connectivity index (χ0n) is 16.9. The van der Waals surface area contributed by atoms with Crippen molar-refractivity contribution in [2.24, 2.45) is 0 Å². The molecule has 0 fully saturated rings. The summed E-state index contributed by atoms with van der Waals surface area (Å²) in [6.07, 6.45) is 0.399. The lowest BCUT2D eigenvalue weighted by Gasteiger charge is -2.06. The summed E-state index contributed by atoms with van der Waals surface area (Å²) in [4.78, 5) is 18.3. The molecule has 0 aliphatic heterocycles. The van der Waals surface area contributed by atoms with Crippen LogP contribution in [0.1, 0.15) is 23.2 Å². The third-order valence-corrected chi connectivity index (χ3v) is 6.94. The Balaban J connectivity index is 1.46. The molecule has 0 aliphatic rings. The quantitative estimate of drug-likeness (QED) is 0.352. The number of thiazole rings is 1. The molecule has 2 heterocycles. The average molecular weight is 457 g/mol. The molecule has 8 heteroatoms. The normalized spacial score (nSPS) is 11.2. The first kappa shape index (κ1) is 20.9. The summed E-state index contributed by atoms with van der Waals surface area (Å²) in [6.45, 7) is 6.09. The van der Waals surface area contributed by atoms with Gasteiger partial charge < -0.3 is 5.32 Å². The summed E-state index contributed by atoms with van der Waals surface area (Å²) in [7, 11) is 0. The Morgan fingerprint density at radius 3 is 2.63 bits per heavy atom. The molecule has 0 spiro atoms. The summed E-state index contributed by atoms with van der Waals surface area (Å²) < 4.78 is 2.83. The van der Waals surface area contributed by atoms with E-state index < -0.39 is 0 Å². The standard InChI is InChI=1S/C22H21ClN4OS2/c1-13-10-18-19(11-14(13)2)30-22(24-18)27-20(12-15(3)26-27)25-21(28)8-9-29-17-6-4-16(23)5-7-17/h4-7,10-12H,8-9H2,1-3H3,(H,25,28). The fraction of sp³-hybridized carbons (Fsp3) is 0.227. The van der Waals surface area contributed by atoms with Crippen molar-refractivity contribution in [3.63, 3.8) is 0 Å². The molecular weight excluding hydrogens is 436 g/mol. The largest absolute Gasteiger partial charge is 0.310 e. The van der Waals surface area contributed by atoms with Gasteiger partial charge in [0.1, 0.15) is 5.82 Å². The van der Waals surface area contributed by atoms with Gasteiger partial charge in [-0.15, -0.1) is 11.8 Å². The van der Waals surface area contributed by atoms with Crippen LogP contribution in [-0.4, -0.2) is 26.4 Å². The maximum Gasteiger partial charge on any atom is 0.226 e. The van der Waals surface area contributed by atoms with E-state index in [1.165, 1.54) is 11.1 Å². The van der Waals surface area contributed by atoms with Gasteiger partial charge in [0, 0.05) is 28.2 Å². The van der Waals surface area contributed by atoms with E-state index in [0.29, 0.717) is 23.0 Å². The van der Waals surface area contributed by atoms with Crippen LogP contribution in [-0.2, 0) is 4.79 Å². The lowest BCUT2D eigenvalue weighted by molar-refractivity contribution is -0.115. The number of benzene rings is 2. The summed E-state index contributed by atoms with van der Waals surface area (Å²) in [5.41, 5.74) is 4.22. The highest BCUT2D eigenvalue weighted by molar-refractivity contribution is 7.99. The number of aromatic nitrogens is 3. The number of hydrogen-bond acceptors (Lipinski definition) is 5. The molecule has 0 atom stereocenters. The van der Waals surface area contributed by atoms with Crippen molar-refractivity contribution >= 4 is 56.6 Å². The number of nitrogens with one attached hydrogen (secondary N) is 1. The van der Waals surface area contributed by atoms with Gasteiger partial charge >= 0.3 is 0 Å². The summed E-state index contributed by atoms with van der Waals surface area (Å²) in [5, 5.41) is 8.98. The lowest BCUT2D eigenvalue weighted by atomic mass is 10.1. The van der Waals surface area contributed by atoms with Gasteiger partial charge in [-0.1, -0.05) is 22.9 Å². The molecule has 1 amide bonds. The molecule has 0 aliphatic carbocycles. The van der Waals surface area contributed by atoms with Gasteiger partial charge in [0.25, 0.3) is 0 Å². The maximum atomic E-state index is 12.5. The zero-order valence-corrected chi connectivity index (χ0v) is 19.3. The van der Waals surface area contributed by atoms with E-state index >= 15 is 0 Å². The number of halogens is 1. The molecule has 0 radical (unpaired) electrons. The van der Waals surface area contributed by atoms with E-state index in [1.807, 2.05) is 37.3 Å². The number of anilines is 1. The van der Waals surface area contributed by atoms with Gasteiger partial charge in [-0.2, -0.15) is 9.78 Å². The Labute approximate surface area is 188 Å². The number of amides is 1. The molecule has 4 rings (SSSR count). The molecule has 2 aromatic carbocycles. The molecule has 0 unspecified atom stereocenters. The van der Waals surface area contributed by atoms with Crippen LogP contribution in [0.15, 0.2) is 47.4 Å². The fourth-order valence-electron chi connectivity index (χ4n) is 2.99. The van der Waals surface area contributed by atoms with Gasteiger partial charge in [-0.25, -0.2) is 4.98 Å². The van der Waals surface area contributed by atoms with Crippen molar-refractivity contribution in [2.75, 3.05) is 11.1 Å². The molecule has 5 nitrogen and oxygen atoms in total. The predicted octanol–water partition coefficient (Wildman–Crippen LogP) is 6.18. The molecule has 0 saturated heterocycles. The molecule has 0 saturated carbocycles. The molecule has 1 N–H and O–H groups in total. The van der Waals surface area contributed by atoms with E-state index in [2.05, 4.69) is 36.4 Å². The summed E-state index contributed by atoms with van der Waals surface area (Å²) >= 11 is 9.10. The third kappa shape index (κ3) is 4.69. The van der Waals surface area contributed by atoms with Crippen LogP contribution in [0, 0.1) is 20.8 Å². The van der Waals surface area contributed by atoms with Gasteiger partial charge in [-0.05, 0) is 68.3 Å². The number of hydrogen-bond donors (Lipinski definition) is 1. The van der Waals surface area contributed by atoms with E-state index in [1.54, 1.807) is 27.8 Å². The SMILES string of the molecule is Cc1cc(NC(=O)CCSc2ccc(Cl)cc2)n(-c2nc3cc(C)c(C)cc3s2)n1. The Morgan fingerprint density at radius 1 is 1.13 bits per heavy atom. The number of fused-ring (bicyclic) bond motifs is 1. The van der Waals surface area contributed by atoms with Crippen molar-refractivity contribution in [3.05, 3.63) is 64.3 Å². The highest BCUT2D eigenvalue weighted by atomic mass is 35.5. The van der Waals surface area contributed by atoms with Crippen molar-refractivity contribution in [2.45, 2.75) is 32.1 Å². The van der Waals surface area contributed by atoms with Gasteiger partial charge in [0.2, 0.25) is 11.0 Å². The summed E-state index contributed by atoms with van der Waals surface area (Å²) in [6, 6.07) is 13.7. The minimum absolute atomic E-state index is 0.0505. The number of aryl methyl sites for hydroxylation is 3. The number of carbonyl (C=O) groups excluding carboxylic acids is 1. The van der Waals surface area contributed by atoms with Crippen LogP contribution in [0.3, 0.4) is 0 Å². The number of rotatable bonds is 6. The van der Waals surface area contributed by atoms with Crippen LogP contribution in [0.2, 0.25) is 5.02 Å². The Kier molecular flexibility index (Phi) is 6.13. The molecule has 154 valence electrons. The van der Waals surface area contributed by atoms with Crippen molar-refractivity contribution in [1.82, 2.24) is 14.8 Å². The molecule has 4 aromatic rings. The van der Waals surface area contributed by atoms with E-state index in [9.17, 15) is 4.79 Å². The minimum atomic E-state index is -0.0505. The van der Waals surface area contributed by atoms with Gasteiger partial charge in [-0.3, -0.25) is 4.79 Å². The van der Waals surface area contributed by atoms with Gasteiger partial charge in [0.15, 0.2) is 0 Å². The first-order chi connectivity index (χ1) is 14.4. The monoisotopic (exact) mass is 456 g/mol. The second-order valence-corrected chi connectivity index (χ2v) is 9.70. The summed E-state index contributed by atoms with van der Waals surface area (Å²) in [5.74, 6) is 1.27. The highest BCUT2D eigenvalue weighted by Gasteiger charge is 2.15. The topological polar surface area (TPSA) is 59.8 Å². The van der Waals surface area contributed by atoms with Gasteiger partial charge in [0.05, 0.1) is 15.9 Å². The highest BCUT2D eigenvalue weighted by Crippen LogP contribution is 2.29. The van der Waals surface area contributed by atoms with Crippen LogP contribution < -0.4 is 5.32 Å². The van der Waals surface area contributed by atoms with E-state index in [-0.39, 0.29) is 5.91 Å². The Bertz CT molecular complexity index is 1180. The van der Waals surface area contributed by atoms with E-state index in [4.69, 9.17) is 16.6 Å². The second-order valence-electron chi connectivity index (χ2n) is 7.08. The predicted molar refractivity (Wildman–Crippen MR) is 126 cm³/mol. The van der Waals surface area contributed by atoms with Crippen LogP contribution >= 0.6 is 34.7 Å². The number of carbonyl (C=O) groups is 1. The smallest absolute Gasteiger partial charge is 0.226 e. The van der Waals surface area contributed by atoms with Crippen LogP contribution in [0.5, 0.6) is 0 Å². The lowest BCUT2D eigenvalue weighted by Crippen LogP contribution is -2.15. The Hall–Kier alpha value is -2.35. The third-order valence-electron chi connectivity index (χ3n) is 4.68. The number of thioether (sulfide) groups is 1. The molecule has 2 aromatic heterocycles. The van der Waals surface area contributed by atoms with Crippen LogP contribution in [0.4, 0.5) is 5.82 Å². The maximum absolute atomic E-state index is 12.5. The number of nitrogens with zero attached hydrogens (tertiary/aromatic N) is 3. The second kappa shape index (κ2) is 8.79. The molecular formula is C22H21ClN4OS2. The molecule has 0 bridgehead atoms. The zero-order chi connectivity index (χ0) is 21.3. The first-order valence-electron chi connectivity index (χ1n) is 9.52. The fourth-order valence-corrected chi connectivity index (χ4v) is 4.98. The average Bonchev–Trinajstić information content (AvgIpc) is 3.26. The van der Waals surface area contributed by atoms with Crippen molar-refractivity contribution in [3.8, 4) is 5.13 Å². The minimum Gasteiger partial charge on any atom is -0.310 e. The molecule has 30 heavy (non-hydrogen) atoms.